The van der Waals surface area contributed by atoms with Gasteiger partial charge in [0.2, 0.25) is 0 Å². The largest absolute Gasteiger partial charge is 0.478 e. The molecule has 1 aromatic carbocycles. The van der Waals surface area contributed by atoms with Crippen molar-refractivity contribution in [3.05, 3.63) is 23.8 Å². The van der Waals surface area contributed by atoms with Crippen molar-refractivity contribution in [2.24, 2.45) is 11.8 Å². The lowest BCUT2D eigenvalue weighted by Crippen LogP contribution is -2.26. The molecule has 0 aliphatic heterocycles. The SMILES string of the molecule is Nc1cccc(C(=O)O)c1NC(C1CC1)C1CC1. The van der Waals surface area contributed by atoms with E-state index in [0.717, 1.165) is 0 Å². The van der Waals surface area contributed by atoms with E-state index in [1.54, 1.807) is 18.2 Å². The van der Waals surface area contributed by atoms with E-state index in [1.165, 1.54) is 25.7 Å². The van der Waals surface area contributed by atoms with Gasteiger partial charge in [0.1, 0.15) is 0 Å². The zero-order valence-electron chi connectivity index (χ0n) is 10.2. The number of carboxylic acids is 1. The first-order chi connectivity index (χ1) is 8.66. The van der Waals surface area contributed by atoms with Gasteiger partial charge in [0.05, 0.1) is 16.9 Å². The molecule has 4 N–H and O–H groups in total. The molecule has 2 fully saturated rings. The minimum atomic E-state index is -0.921. The van der Waals surface area contributed by atoms with E-state index in [0.29, 0.717) is 29.3 Å². The van der Waals surface area contributed by atoms with Crippen molar-refractivity contribution in [2.75, 3.05) is 11.1 Å². The van der Waals surface area contributed by atoms with Gasteiger partial charge in [-0.25, -0.2) is 4.79 Å². The van der Waals surface area contributed by atoms with Crippen LogP contribution in [0.2, 0.25) is 0 Å². The summed E-state index contributed by atoms with van der Waals surface area (Å²) in [5.41, 5.74) is 7.34. The maximum atomic E-state index is 11.2. The molecule has 0 aromatic heterocycles. The summed E-state index contributed by atoms with van der Waals surface area (Å²) in [4.78, 5) is 11.2. The summed E-state index contributed by atoms with van der Waals surface area (Å²) in [5.74, 6) is 0.493. The number of nitrogen functional groups attached to an aromatic ring is 1. The topological polar surface area (TPSA) is 75.4 Å². The molecule has 0 heterocycles. The second kappa shape index (κ2) is 4.19. The summed E-state index contributed by atoms with van der Waals surface area (Å²) in [6.07, 6.45) is 5.01. The third-order valence-corrected chi connectivity index (χ3v) is 3.90. The van der Waals surface area contributed by atoms with Gasteiger partial charge >= 0.3 is 5.97 Å². The van der Waals surface area contributed by atoms with E-state index < -0.39 is 5.97 Å². The highest BCUT2D eigenvalue weighted by molar-refractivity contribution is 5.97. The average Bonchev–Trinajstić information content (AvgIpc) is 3.19. The standard InChI is InChI=1S/C14H18N2O2/c15-11-3-1-2-10(14(17)18)13(11)16-12(8-4-5-8)9-6-7-9/h1-3,8-9,12,16H,4-7,15H2,(H,17,18). The van der Waals surface area contributed by atoms with Crippen LogP contribution in [-0.2, 0) is 0 Å². The number of hydrogen-bond donors (Lipinski definition) is 3. The number of nitrogens with two attached hydrogens (primary N) is 1. The predicted molar refractivity (Wildman–Crippen MR) is 70.7 cm³/mol. The van der Waals surface area contributed by atoms with Crippen LogP contribution in [0.5, 0.6) is 0 Å². The fourth-order valence-electron chi connectivity index (χ4n) is 2.61. The number of carboxylic acid groups (broad SMARTS) is 1. The molecule has 0 radical (unpaired) electrons. The third kappa shape index (κ3) is 2.15. The lowest BCUT2D eigenvalue weighted by molar-refractivity contribution is 0.0698. The van der Waals surface area contributed by atoms with E-state index in [-0.39, 0.29) is 5.56 Å². The molecule has 3 rings (SSSR count). The van der Waals surface area contributed by atoms with E-state index >= 15 is 0 Å². The minimum absolute atomic E-state index is 0.279. The Labute approximate surface area is 106 Å². The van der Waals surface area contributed by atoms with Crippen LogP contribution in [0.4, 0.5) is 11.4 Å². The summed E-state index contributed by atoms with van der Waals surface area (Å²) < 4.78 is 0. The Balaban J connectivity index is 1.88. The molecule has 2 aliphatic carbocycles. The molecule has 0 unspecified atom stereocenters. The molecular weight excluding hydrogens is 228 g/mol. The number of carbonyl (C=O) groups is 1. The second-order valence-corrected chi connectivity index (χ2v) is 5.42. The van der Waals surface area contributed by atoms with Crippen molar-refractivity contribution in [2.45, 2.75) is 31.7 Å². The molecule has 1 aromatic rings. The van der Waals surface area contributed by atoms with E-state index in [1.807, 2.05) is 0 Å². The Morgan fingerprint density at radius 3 is 2.39 bits per heavy atom. The van der Waals surface area contributed by atoms with Gasteiger partial charge in [0, 0.05) is 6.04 Å². The molecule has 0 spiro atoms. The Morgan fingerprint density at radius 2 is 1.89 bits per heavy atom. The molecule has 0 saturated heterocycles. The molecule has 2 saturated carbocycles. The van der Waals surface area contributed by atoms with Gasteiger partial charge in [0.15, 0.2) is 0 Å². The van der Waals surface area contributed by atoms with Crippen LogP contribution in [0.3, 0.4) is 0 Å². The molecule has 2 aliphatic rings. The van der Waals surface area contributed by atoms with Gasteiger partial charge in [-0.1, -0.05) is 6.07 Å². The molecular formula is C14H18N2O2. The molecule has 0 atom stereocenters. The predicted octanol–water partition coefficient (Wildman–Crippen LogP) is 2.57. The van der Waals surface area contributed by atoms with Crippen molar-refractivity contribution in [1.29, 1.82) is 0 Å². The second-order valence-electron chi connectivity index (χ2n) is 5.42. The Kier molecular flexibility index (Phi) is 2.65. The van der Waals surface area contributed by atoms with Gasteiger partial charge in [0.25, 0.3) is 0 Å². The molecule has 96 valence electrons. The van der Waals surface area contributed by atoms with Crippen LogP contribution in [0.15, 0.2) is 18.2 Å². The monoisotopic (exact) mass is 246 g/mol. The summed E-state index contributed by atoms with van der Waals surface area (Å²) in [6.45, 7) is 0. The van der Waals surface area contributed by atoms with Crippen molar-refractivity contribution >= 4 is 17.3 Å². The number of benzene rings is 1. The Morgan fingerprint density at radius 1 is 1.28 bits per heavy atom. The fraction of sp³-hybridized carbons (Fsp3) is 0.500. The molecule has 4 nitrogen and oxygen atoms in total. The van der Waals surface area contributed by atoms with Crippen LogP contribution in [0, 0.1) is 11.8 Å². The van der Waals surface area contributed by atoms with Crippen LogP contribution in [-0.4, -0.2) is 17.1 Å². The summed E-state index contributed by atoms with van der Waals surface area (Å²) in [7, 11) is 0. The number of hydrogen-bond acceptors (Lipinski definition) is 3. The van der Waals surface area contributed by atoms with Crippen LogP contribution >= 0.6 is 0 Å². The van der Waals surface area contributed by atoms with Crippen molar-refractivity contribution in [3.63, 3.8) is 0 Å². The number of para-hydroxylation sites is 1. The lowest BCUT2D eigenvalue weighted by Gasteiger charge is -2.21. The van der Waals surface area contributed by atoms with Gasteiger partial charge in [-0.05, 0) is 49.7 Å². The van der Waals surface area contributed by atoms with Gasteiger partial charge in [-0.2, -0.15) is 0 Å². The van der Waals surface area contributed by atoms with Crippen molar-refractivity contribution < 1.29 is 9.90 Å². The molecule has 0 bridgehead atoms. The lowest BCUT2D eigenvalue weighted by atomic mass is 10.0. The number of anilines is 2. The Hall–Kier alpha value is -1.71. The summed E-state index contributed by atoms with van der Waals surface area (Å²) >= 11 is 0. The maximum Gasteiger partial charge on any atom is 0.337 e. The average molecular weight is 246 g/mol. The first-order valence-electron chi connectivity index (χ1n) is 6.55. The fourth-order valence-corrected chi connectivity index (χ4v) is 2.61. The highest BCUT2D eigenvalue weighted by Crippen LogP contribution is 2.46. The smallest absolute Gasteiger partial charge is 0.337 e. The molecule has 4 heteroatoms. The zero-order chi connectivity index (χ0) is 12.7. The number of nitrogens with one attached hydrogen (secondary N) is 1. The summed E-state index contributed by atoms with van der Waals surface area (Å²) in [6, 6.07) is 5.46. The van der Waals surface area contributed by atoms with E-state index in [2.05, 4.69) is 5.32 Å². The number of aromatic carboxylic acids is 1. The van der Waals surface area contributed by atoms with Crippen LogP contribution in [0.1, 0.15) is 36.0 Å². The highest BCUT2D eigenvalue weighted by atomic mass is 16.4. The van der Waals surface area contributed by atoms with Crippen molar-refractivity contribution in [1.82, 2.24) is 0 Å². The van der Waals surface area contributed by atoms with Crippen LogP contribution in [0.25, 0.3) is 0 Å². The van der Waals surface area contributed by atoms with E-state index in [4.69, 9.17) is 5.73 Å². The first kappa shape index (κ1) is 11.4. The Bertz CT molecular complexity index is 467. The number of rotatable bonds is 5. The highest BCUT2D eigenvalue weighted by Gasteiger charge is 2.41. The molecule has 18 heavy (non-hydrogen) atoms. The third-order valence-electron chi connectivity index (χ3n) is 3.90. The first-order valence-corrected chi connectivity index (χ1v) is 6.55. The van der Waals surface area contributed by atoms with E-state index in [9.17, 15) is 9.90 Å². The van der Waals surface area contributed by atoms with Crippen LogP contribution < -0.4 is 11.1 Å². The maximum absolute atomic E-state index is 11.2. The van der Waals surface area contributed by atoms with Gasteiger partial charge < -0.3 is 16.2 Å². The quantitative estimate of drug-likeness (QED) is 0.698. The minimum Gasteiger partial charge on any atom is -0.478 e. The summed E-state index contributed by atoms with van der Waals surface area (Å²) in [5, 5.41) is 12.6. The normalized spacial score (nSPS) is 18.9. The van der Waals surface area contributed by atoms with Gasteiger partial charge in [-0.3, -0.25) is 0 Å². The van der Waals surface area contributed by atoms with Gasteiger partial charge in [-0.15, -0.1) is 0 Å². The van der Waals surface area contributed by atoms with Crippen molar-refractivity contribution in [3.8, 4) is 0 Å². The molecule has 0 amide bonds. The zero-order valence-corrected chi connectivity index (χ0v) is 10.2.